The Hall–Kier alpha value is 0.0700. The molecule has 0 aromatic rings. The molecule has 106 valence electrons. The smallest absolute Gasteiger partial charge is 0.269 e. The minimum atomic E-state index is -2.54. The van der Waals surface area contributed by atoms with E-state index in [0.29, 0.717) is 12.6 Å². The number of piperidine rings is 1. The van der Waals surface area contributed by atoms with Gasteiger partial charge in [0.05, 0.1) is 19.8 Å². The molecule has 0 N–H and O–H groups in total. The third kappa shape index (κ3) is 3.55. The van der Waals surface area contributed by atoms with Crippen molar-refractivity contribution in [1.82, 2.24) is 9.57 Å². The molecule has 18 heavy (non-hydrogen) atoms. The first-order valence-corrected chi connectivity index (χ1v) is 8.95. The summed E-state index contributed by atoms with van der Waals surface area (Å²) in [5, 5.41) is 0. The molecule has 0 aliphatic carbocycles. The highest BCUT2D eigenvalue weighted by Crippen LogP contribution is 2.48. The Balaban J connectivity index is 1.82. The highest BCUT2D eigenvalue weighted by Gasteiger charge is 2.32. The molecule has 0 radical (unpaired) electrons. The van der Waals surface area contributed by atoms with Crippen molar-refractivity contribution in [2.45, 2.75) is 25.8 Å². The number of hydrogen-bond donors (Lipinski definition) is 0. The van der Waals surface area contributed by atoms with Crippen LogP contribution in [-0.4, -0.2) is 68.3 Å². The summed E-state index contributed by atoms with van der Waals surface area (Å²) in [7, 11) is -2.54. The average molecular weight is 276 g/mol. The summed E-state index contributed by atoms with van der Waals surface area (Å²) in [4.78, 5) is 2.52. The van der Waals surface area contributed by atoms with Crippen molar-refractivity contribution in [2.24, 2.45) is 0 Å². The highest BCUT2D eigenvalue weighted by molar-refractivity contribution is 7.55. The fourth-order valence-corrected chi connectivity index (χ4v) is 4.44. The SMILES string of the molecule is CCOP(C)(=O)N1CCC(N2CCOCC2)CC1. The van der Waals surface area contributed by atoms with Crippen LogP contribution >= 0.6 is 7.52 Å². The lowest BCUT2D eigenvalue weighted by Gasteiger charge is -2.41. The topological polar surface area (TPSA) is 42.0 Å². The third-order valence-corrected chi connectivity index (χ3v) is 6.05. The molecule has 2 rings (SSSR count). The van der Waals surface area contributed by atoms with Crippen molar-refractivity contribution < 1.29 is 13.8 Å². The van der Waals surface area contributed by atoms with E-state index in [-0.39, 0.29) is 0 Å². The van der Waals surface area contributed by atoms with E-state index in [0.717, 1.165) is 52.2 Å². The summed E-state index contributed by atoms with van der Waals surface area (Å²) < 4.78 is 25.1. The maximum Gasteiger partial charge on any atom is 0.269 e. The second-order valence-electron chi connectivity index (χ2n) is 5.05. The number of rotatable bonds is 4. The van der Waals surface area contributed by atoms with E-state index in [1.54, 1.807) is 6.66 Å². The first kappa shape index (κ1) is 14.5. The second-order valence-corrected chi connectivity index (χ2v) is 7.48. The second kappa shape index (κ2) is 6.49. The summed E-state index contributed by atoms with van der Waals surface area (Å²) in [5.41, 5.74) is 0. The Morgan fingerprint density at radius 2 is 1.83 bits per heavy atom. The molecule has 2 aliphatic heterocycles. The van der Waals surface area contributed by atoms with Gasteiger partial charge in [-0.3, -0.25) is 9.46 Å². The molecular weight excluding hydrogens is 251 g/mol. The molecule has 1 unspecified atom stereocenters. The Bertz CT molecular complexity index is 300. The lowest BCUT2D eigenvalue weighted by molar-refractivity contribution is 0.00531. The Kier molecular flexibility index (Phi) is 5.22. The minimum absolute atomic E-state index is 0.525. The molecule has 2 heterocycles. The Morgan fingerprint density at radius 3 is 2.39 bits per heavy atom. The van der Waals surface area contributed by atoms with Gasteiger partial charge in [-0.25, -0.2) is 4.67 Å². The van der Waals surface area contributed by atoms with E-state index in [1.165, 1.54) is 0 Å². The average Bonchev–Trinajstić information content (AvgIpc) is 2.40. The maximum atomic E-state index is 12.3. The van der Waals surface area contributed by atoms with Gasteiger partial charge in [0.2, 0.25) is 0 Å². The van der Waals surface area contributed by atoms with Crippen LogP contribution in [0, 0.1) is 0 Å². The van der Waals surface area contributed by atoms with Crippen LogP contribution in [0.15, 0.2) is 0 Å². The predicted molar refractivity (Wildman–Crippen MR) is 72.1 cm³/mol. The summed E-state index contributed by atoms with van der Waals surface area (Å²) in [6.45, 7) is 9.72. The summed E-state index contributed by atoms with van der Waals surface area (Å²) in [6.07, 6.45) is 2.18. The lowest BCUT2D eigenvalue weighted by atomic mass is 10.0. The van der Waals surface area contributed by atoms with Crippen LogP contribution in [0.4, 0.5) is 0 Å². The van der Waals surface area contributed by atoms with Crippen LogP contribution in [-0.2, 0) is 13.8 Å². The van der Waals surface area contributed by atoms with E-state index in [9.17, 15) is 4.57 Å². The van der Waals surface area contributed by atoms with Crippen molar-refractivity contribution in [3.8, 4) is 0 Å². The predicted octanol–water partition coefficient (Wildman–Crippen LogP) is 1.64. The van der Waals surface area contributed by atoms with Crippen molar-refractivity contribution in [3.63, 3.8) is 0 Å². The molecule has 0 spiro atoms. The molecule has 0 bridgehead atoms. The van der Waals surface area contributed by atoms with Crippen molar-refractivity contribution in [2.75, 3.05) is 52.7 Å². The van der Waals surface area contributed by atoms with Crippen LogP contribution in [0.2, 0.25) is 0 Å². The van der Waals surface area contributed by atoms with Crippen LogP contribution < -0.4 is 0 Å². The largest absolute Gasteiger partial charge is 0.379 e. The zero-order chi connectivity index (χ0) is 13.0. The molecule has 0 amide bonds. The number of ether oxygens (including phenoxy) is 1. The number of morpholine rings is 1. The third-order valence-electron chi connectivity index (χ3n) is 3.89. The zero-order valence-electron chi connectivity index (χ0n) is 11.5. The molecule has 1 atom stereocenters. The molecule has 5 nitrogen and oxygen atoms in total. The fraction of sp³-hybridized carbons (Fsp3) is 1.00. The van der Waals surface area contributed by atoms with Gasteiger partial charge in [0.25, 0.3) is 7.52 Å². The van der Waals surface area contributed by atoms with E-state index in [2.05, 4.69) is 4.90 Å². The van der Waals surface area contributed by atoms with Crippen molar-refractivity contribution in [3.05, 3.63) is 0 Å². The van der Waals surface area contributed by atoms with Gasteiger partial charge in [-0.1, -0.05) is 0 Å². The Labute approximate surface area is 110 Å². The van der Waals surface area contributed by atoms with Gasteiger partial charge in [-0.15, -0.1) is 0 Å². The normalized spacial score (nSPS) is 28.1. The van der Waals surface area contributed by atoms with Gasteiger partial charge < -0.3 is 9.26 Å². The molecule has 2 saturated heterocycles. The molecule has 2 aliphatic rings. The monoisotopic (exact) mass is 276 g/mol. The van der Waals surface area contributed by atoms with Crippen LogP contribution in [0.3, 0.4) is 0 Å². The first-order chi connectivity index (χ1) is 8.63. The summed E-state index contributed by atoms with van der Waals surface area (Å²) in [6, 6.07) is 0.631. The van der Waals surface area contributed by atoms with Gasteiger partial charge in [0.1, 0.15) is 0 Å². The fourth-order valence-electron chi connectivity index (χ4n) is 2.84. The van der Waals surface area contributed by atoms with E-state index < -0.39 is 7.52 Å². The molecular formula is C12H25N2O3P. The molecule has 2 fully saturated rings. The zero-order valence-corrected chi connectivity index (χ0v) is 12.4. The number of hydrogen-bond acceptors (Lipinski definition) is 4. The quantitative estimate of drug-likeness (QED) is 0.730. The van der Waals surface area contributed by atoms with Crippen LogP contribution in [0.5, 0.6) is 0 Å². The van der Waals surface area contributed by atoms with E-state index in [1.807, 2.05) is 11.6 Å². The van der Waals surface area contributed by atoms with Crippen molar-refractivity contribution in [1.29, 1.82) is 0 Å². The number of nitrogens with zero attached hydrogens (tertiary/aromatic N) is 2. The maximum absolute atomic E-state index is 12.3. The molecule has 0 aromatic heterocycles. The standard InChI is InChI=1S/C12H25N2O3P/c1-3-17-18(2,15)14-6-4-12(5-7-14)13-8-10-16-11-9-13/h12H,3-11H2,1-2H3. The van der Waals surface area contributed by atoms with Gasteiger partial charge in [-0.2, -0.15) is 0 Å². The first-order valence-electron chi connectivity index (χ1n) is 6.93. The van der Waals surface area contributed by atoms with Crippen LogP contribution in [0.25, 0.3) is 0 Å². The molecule has 0 aromatic carbocycles. The minimum Gasteiger partial charge on any atom is -0.379 e. The van der Waals surface area contributed by atoms with Crippen molar-refractivity contribution >= 4 is 7.52 Å². The Morgan fingerprint density at radius 1 is 1.22 bits per heavy atom. The summed E-state index contributed by atoms with van der Waals surface area (Å²) in [5.74, 6) is 0. The van der Waals surface area contributed by atoms with Gasteiger partial charge in [0.15, 0.2) is 0 Å². The lowest BCUT2D eigenvalue weighted by Crippen LogP contribution is -2.48. The van der Waals surface area contributed by atoms with E-state index >= 15 is 0 Å². The molecule has 6 heteroatoms. The van der Waals surface area contributed by atoms with Crippen LogP contribution in [0.1, 0.15) is 19.8 Å². The van der Waals surface area contributed by atoms with E-state index in [4.69, 9.17) is 9.26 Å². The van der Waals surface area contributed by atoms with Gasteiger partial charge in [0, 0.05) is 38.9 Å². The van der Waals surface area contributed by atoms with Gasteiger partial charge in [-0.05, 0) is 19.8 Å². The highest BCUT2D eigenvalue weighted by atomic mass is 31.2. The molecule has 0 saturated carbocycles. The van der Waals surface area contributed by atoms with Gasteiger partial charge >= 0.3 is 0 Å². The summed E-state index contributed by atoms with van der Waals surface area (Å²) >= 11 is 0.